The molecule has 0 radical (unpaired) electrons. The molecule has 0 saturated carbocycles. The van der Waals surface area contributed by atoms with E-state index in [0.717, 1.165) is 0 Å². The molecule has 5 heteroatoms. The van der Waals surface area contributed by atoms with Gasteiger partial charge >= 0.3 is 0 Å². The van der Waals surface area contributed by atoms with Gasteiger partial charge < -0.3 is 5.73 Å². The fraction of sp³-hybridized carbons (Fsp3) is 0.143. The predicted molar refractivity (Wildman–Crippen MR) is 77.5 cm³/mol. The zero-order chi connectivity index (χ0) is 13.9. The maximum absolute atomic E-state index is 12.3. The summed E-state index contributed by atoms with van der Waals surface area (Å²) in [7, 11) is -3.58. The highest BCUT2D eigenvalue weighted by atomic mass is 32.2. The van der Waals surface area contributed by atoms with E-state index < -0.39 is 10.0 Å². The lowest BCUT2D eigenvalue weighted by Crippen LogP contribution is -2.15. The van der Waals surface area contributed by atoms with Crippen LogP contribution in [0.4, 0.5) is 11.4 Å². The fourth-order valence-corrected chi connectivity index (χ4v) is 3.21. The minimum atomic E-state index is -3.58. The molecule has 2 aromatic carbocycles. The zero-order valence-corrected chi connectivity index (χ0v) is 11.4. The number of nitrogen functional groups attached to an aromatic ring is 1. The quantitative estimate of drug-likeness (QED) is 0.843. The van der Waals surface area contributed by atoms with Crippen molar-refractivity contribution in [3.8, 4) is 0 Å². The van der Waals surface area contributed by atoms with E-state index in [0.29, 0.717) is 23.4 Å². The van der Waals surface area contributed by atoms with E-state index in [2.05, 4.69) is 4.72 Å². The molecule has 3 N–H and O–H groups in total. The summed E-state index contributed by atoms with van der Waals surface area (Å²) in [6, 6.07) is 13.6. The molecule has 2 rings (SSSR count). The first-order chi connectivity index (χ1) is 9.03. The van der Waals surface area contributed by atoms with Gasteiger partial charge in [-0.2, -0.15) is 0 Å². The van der Waals surface area contributed by atoms with E-state index in [1.54, 1.807) is 42.5 Å². The summed E-state index contributed by atoms with van der Waals surface area (Å²) in [5, 5.41) is 0. The second-order valence-corrected chi connectivity index (χ2v) is 5.84. The van der Waals surface area contributed by atoms with Gasteiger partial charge in [-0.3, -0.25) is 4.72 Å². The lowest BCUT2D eigenvalue weighted by atomic mass is 10.1. The molecule has 100 valence electrons. The molecule has 0 spiro atoms. The van der Waals surface area contributed by atoms with Crippen LogP contribution >= 0.6 is 0 Å². The van der Waals surface area contributed by atoms with E-state index in [9.17, 15) is 8.42 Å². The molecule has 0 saturated heterocycles. The summed E-state index contributed by atoms with van der Waals surface area (Å²) in [5.41, 5.74) is 7.50. The van der Waals surface area contributed by atoms with Gasteiger partial charge in [0.25, 0.3) is 10.0 Å². The summed E-state index contributed by atoms with van der Waals surface area (Å²) >= 11 is 0. The highest BCUT2D eigenvalue weighted by Crippen LogP contribution is 2.22. The first-order valence-electron chi connectivity index (χ1n) is 5.99. The van der Waals surface area contributed by atoms with Crippen LogP contribution in [0, 0.1) is 0 Å². The van der Waals surface area contributed by atoms with Crippen LogP contribution in [0.15, 0.2) is 53.4 Å². The Hall–Kier alpha value is -2.01. The predicted octanol–water partition coefficient (Wildman–Crippen LogP) is 2.63. The van der Waals surface area contributed by atoms with Gasteiger partial charge in [0.15, 0.2) is 0 Å². The molecule has 0 bridgehead atoms. The van der Waals surface area contributed by atoms with Gasteiger partial charge in [-0.15, -0.1) is 0 Å². The Morgan fingerprint density at radius 1 is 1.11 bits per heavy atom. The second-order valence-electron chi connectivity index (χ2n) is 4.19. The number of para-hydroxylation sites is 1. The Labute approximate surface area is 113 Å². The first kappa shape index (κ1) is 13.4. The number of benzene rings is 2. The van der Waals surface area contributed by atoms with E-state index in [4.69, 9.17) is 5.73 Å². The van der Waals surface area contributed by atoms with Crippen LogP contribution in [0.1, 0.15) is 12.5 Å². The maximum Gasteiger partial charge on any atom is 0.262 e. The van der Waals surface area contributed by atoms with Crippen molar-refractivity contribution in [2.24, 2.45) is 0 Å². The number of rotatable bonds is 4. The monoisotopic (exact) mass is 276 g/mol. The molecule has 0 atom stereocenters. The smallest absolute Gasteiger partial charge is 0.262 e. The second kappa shape index (κ2) is 5.32. The molecular formula is C14H16N2O2S. The highest BCUT2D eigenvalue weighted by molar-refractivity contribution is 7.92. The van der Waals surface area contributed by atoms with Gasteiger partial charge in [0.1, 0.15) is 0 Å². The van der Waals surface area contributed by atoms with Crippen molar-refractivity contribution in [3.63, 3.8) is 0 Å². The van der Waals surface area contributed by atoms with Crippen molar-refractivity contribution in [1.29, 1.82) is 0 Å². The van der Waals surface area contributed by atoms with Gasteiger partial charge in [0.2, 0.25) is 0 Å². The molecule has 0 amide bonds. The number of anilines is 2. The number of hydrogen-bond acceptors (Lipinski definition) is 3. The fourth-order valence-electron chi connectivity index (χ4n) is 1.85. The normalized spacial score (nSPS) is 11.2. The Bertz CT molecular complexity index is 667. The van der Waals surface area contributed by atoms with Gasteiger partial charge in [-0.25, -0.2) is 8.42 Å². The van der Waals surface area contributed by atoms with E-state index in [1.807, 2.05) is 13.0 Å². The lowest BCUT2D eigenvalue weighted by Gasteiger charge is -2.12. The molecule has 0 fully saturated rings. The van der Waals surface area contributed by atoms with E-state index >= 15 is 0 Å². The van der Waals surface area contributed by atoms with Gasteiger partial charge in [-0.1, -0.05) is 25.1 Å². The molecular weight excluding hydrogens is 260 g/mol. The van der Waals surface area contributed by atoms with Crippen molar-refractivity contribution in [2.75, 3.05) is 10.5 Å². The van der Waals surface area contributed by atoms with Crippen LogP contribution in [0.5, 0.6) is 0 Å². The van der Waals surface area contributed by atoms with Crippen molar-refractivity contribution >= 4 is 21.4 Å². The van der Waals surface area contributed by atoms with E-state index in [1.165, 1.54) is 0 Å². The van der Waals surface area contributed by atoms with Crippen LogP contribution in [0.25, 0.3) is 0 Å². The van der Waals surface area contributed by atoms with Crippen molar-refractivity contribution in [3.05, 3.63) is 54.1 Å². The molecule has 4 nitrogen and oxygen atoms in total. The molecule has 19 heavy (non-hydrogen) atoms. The molecule has 2 aromatic rings. The van der Waals surface area contributed by atoms with Crippen LogP contribution in [-0.4, -0.2) is 8.42 Å². The zero-order valence-electron chi connectivity index (χ0n) is 10.6. The Balaban J connectivity index is 2.40. The summed E-state index contributed by atoms with van der Waals surface area (Å²) in [5.74, 6) is 0. The number of nitrogens with one attached hydrogen (secondary N) is 1. The Kier molecular flexibility index (Phi) is 3.76. The maximum atomic E-state index is 12.3. The average Bonchev–Trinajstić information content (AvgIpc) is 2.38. The van der Waals surface area contributed by atoms with Crippen molar-refractivity contribution in [1.82, 2.24) is 0 Å². The molecule has 0 aliphatic rings. The largest absolute Gasteiger partial charge is 0.399 e. The third-order valence-corrected chi connectivity index (χ3v) is 4.26. The average molecular weight is 276 g/mol. The van der Waals surface area contributed by atoms with Gasteiger partial charge in [0.05, 0.1) is 4.90 Å². The first-order valence-corrected chi connectivity index (χ1v) is 7.47. The van der Waals surface area contributed by atoms with Crippen LogP contribution in [0.2, 0.25) is 0 Å². The Morgan fingerprint density at radius 3 is 2.42 bits per heavy atom. The minimum absolute atomic E-state index is 0.271. The van der Waals surface area contributed by atoms with Crippen LogP contribution < -0.4 is 10.5 Å². The third-order valence-electron chi connectivity index (χ3n) is 2.78. The third kappa shape index (κ3) is 3.06. The number of hydrogen-bond donors (Lipinski definition) is 2. The topological polar surface area (TPSA) is 72.2 Å². The molecule has 0 aliphatic heterocycles. The number of aryl methyl sites for hydroxylation is 1. The molecule has 0 unspecified atom stereocenters. The molecule has 0 aliphatic carbocycles. The minimum Gasteiger partial charge on any atom is -0.399 e. The van der Waals surface area contributed by atoms with Crippen LogP contribution in [0.3, 0.4) is 0 Å². The molecule has 0 aromatic heterocycles. The summed E-state index contributed by atoms with van der Waals surface area (Å²) < 4.78 is 27.2. The van der Waals surface area contributed by atoms with Crippen LogP contribution in [-0.2, 0) is 16.4 Å². The van der Waals surface area contributed by atoms with Crippen molar-refractivity contribution in [2.45, 2.75) is 18.2 Å². The number of nitrogens with two attached hydrogens (primary N) is 1. The SMILES string of the molecule is CCc1cc(N)ccc1S(=O)(=O)Nc1ccccc1. The number of sulfonamides is 1. The van der Waals surface area contributed by atoms with E-state index in [-0.39, 0.29) is 4.90 Å². The standard InChI is InChI=1S/C14H16N2O2S/c1-2-11-10-12(15)8-9-14(11)19(17,18)16-13-6-4-3-5-7-13/h3-10,16H,2,15H2,1H3. The molecule has 0 heterocycles. The van der Waals surface area contributed by atoms with Gasteiger partial charge in [0, 0.05) is 11.4 Å². The van der Waals surface area contributed by atoms with Crippen molar-refractivity contribution < 1.29 is 8.42 Å². The highest BCUT2D eigenvalue weighted by Gasteiger charge is 2.17. The summed E-state index contributed by atoms with van der Waals surface area (Å²) in [6.07, 6.45) is 0.607. The Morgan fingerprint density at radius 2 is 1.79 bits per heavy atom. The summed E-state index contributed by atoms with van der Waals surface area (Å²) in [6.45, 7) is 1.90. The summed E-state index contributed by atoms with van der Waals surface area (Å²) in [4.78, 5) is 0.271. The lowest BCUT2D eigenvalue weighted by molar-refractivity contribution is 0.600. The van der Waals surface area contributed by atoms with Gasteiger partial charge in [-0.05, 0) is 42.3 Å².